The molecule has 0 fully saturated rings. The van der Waals surface area contributed by atoms with E-state index in [9.17, 15) is 14.7 Å². The van der Waals surface area contributed by atoms with Gasteiger partial charge in [0.2, 0.25) is 0 Å². The molecule has 0 aliphatic rings. The molecule has 1 amide bonds. The molecule has 2 N–H and O–H groups in total. The van der Waals surface area contributed by atoms with E-state index in [1.807, 2.05) is 25.1 Å². The standard InChI is InChI=1S/C23H30N2O5/c1-14(2)18(13-17-9-7-6-8-10-17)16(4)30-23(28)15(3)25-22(27)20-21(26)19(29-5)11-12-24-20/h6-12,14-16,18,26H,13H2,1-5H3,(H,25,27)/t15-,16-,18+/m0/s1. The first-order chi connectivity index (χ1) is 14.2. The lowest BCUT2D eigenvalue weighted by molar-refractivity contribution is -0.153. The van der Waals surface area contributed by atoms with E-state index in [0.717, 1.165) is 6.42 Å². The zero-order valence-corrected chi connectivity index (χ0v) is 18.1. The Labute approximate surface area is 177 Å². The van der Waals surface area contributed by atoms with Crippen molar-refractivity contribution in [1.29, 1.82) is 0 Å². The Morgan fingerprint density at radius 3 is 2.37 bits per heavy atom. The highest BCUT2D eigenvalue weighted by molar-refractivity contribution is 5.97. The van der Waals surface area contributed by atoms with E-state index in [-0.39, 0.29) is 29.2 Å². The summed E-state index contributed by atoms with van der Waals surface area (Å²) in [6.07, 6.45) is 1.80. The van der Waals surface area contributed by atoms with Crippen LogP contribution in [-0.2, 0) is 16.0 Å². The first-order valence-corrected chi connectivity index (χ1v) is 10.0. The van der Waals surface area contributed by atoms with Gasteiger partial charge in [0.25, 0.3) is 5.91 Å². The number of carbonyl (C=O) groups is 2. The fourth-order valence-corrected chi connectivity index (χ4v) is 3.29. The molecular formula is C23H30N2O5. The number of methoxy groups -OCH3 is 1. The monoisotopic (exact) mass is 414 g/mol. The van der Waals surface area contributed by atoms with Gasteiger partial charge in [-0.1, -0.05) is 44.2 Å². The van der Waals surface area contributed by atoms with E-state index in [4.69, 9.17) is 9.47 Å². The van der Waals surface area contributed by atoms with Crippen molar-refractivity contribution in [2.24, 2.45) is 11.8 Å². The Bertz CT molecular complexity index is 854. The molecule has 7 heteroatoms. The summed E-state index contributed by atoms with van der Waals surface area (Å²) in [4.78, 5) is 28.8. The van der Waals surface area contributed by atoms with E-state index in [2.05, 4.69) is 36.3 Å². The zero-order chi connectivity index (χ0) is 22.3. The van der Waals surface area contributed by atoms with Crippen LogP contribution in [0, 0.1) is 11.8 Å². The number of pyridine rings is 1. The summed E-state index contributed by atoms with van der Waals surface area (Å²) in [6, 6.07) is 10.6. The summed E-state index contributed by atoms with van der Waals surface area (Å²) >= 11 is 0. The maximum absolute atomic E-state index is 12.6. The fraction of sp³-hybridized carbons (Fsp3) is 0.435. The van der Waals surface area contributed by atoms with Crippen LogP contribution in [0.2, 0.25) is 0 Å². The molecule has 3 atom stereocenters. The second-order valence-corrected chi connectivity index (χ2v) is 7.65. The average Bonchev–Trinajstić information content (AvgIpc) is 2.72. The molecule has 0 saturated heterocycles. The molecule has 0 spiro atoms. The highest BCUT2D eigenvalue weighted by Gasteiger charge is 2.28. The maximum Gasteiger partial charge on any atom is 0.328 e. The minimum Gasteiger partial charge on any atom is -0.503 e. The molecular weight excluding hydrogens is 384 g/mol. The molecule has 0 aliphatic heterocycles. The van der Waals surface area contributed by atoms with E-state index >= 15 is 0 Å². The van der Waals surface area contributed by atoms with Gasteiger partial charge in [-0.3, -0.25) is 4.79 Å². The largest absolute Gasteiger partial charge is 0.503 e. The van der Waals surface area contributed by atoms with Gasteiger partial charge < -0.3 is 19.9 Å². The minimum absolute atomic E-state index is 0.125. The van der Waals surface area contributed by atoms with Crippen molar-refractivity contribution in [3.63, 3.8) is 0 Å². The molecule has 7 nitrogen and oxygen atoms in total. The van der Waals surface area contributed by atoms with E-state index < -0.39 is 17.9 Å². The van der Waals surface area contributed by atoms with Crippen LogP contribution in [-0.4, -0.2) is 41.2 Å². The zero-order valence-electron chi connectivity index (χ0n) is 18.1. The second kappa shape index (κ2) is 10.6. The molecule has 0 bridgehead atoms. The summed E-state index contributed by atoms with van der Waals surface area (Å²) < 4.78 is 10.6. The molecule has 1 heterocycles. The SMILES string of the molecule is COc1ccnc(C(=O)N[C@@H](C)C(=O)O[C@@H](C)[C@H](Cc2ccccc2)C(C)C)c1O. The Balaban J connectivity index is 2.00. The van der Waals surface area contributed by atoms with Crippen molar-refractivity contribution < 1.29 is 24.2 Å². The molecule has 2 rings (SSSR count). The van der Waals surface area contributed by atoms with Gasteiger partial charge in [0, 0.05) is 18.2 Å². The summed E-state index contributed by atoms with van der Waals surface area (Å²) in [5.74, 6) is -1.06. The number of nitrogens with one attached hydrogen (secondary N) is 1. The lowest BCUT2D eigenvalue weighted by Crippen LogP contribution is -2.42. The summed E-state index contributed by atoms with van der Waals surface area (Å²) in [6.45, 7) is 7.60. The van der Waals surface area contributed by atoms with Gasteiger partial charge in [-0.15, -0.1) is 0 Å². The Hall–Kier alpha value is -3.09. The predicted octanol–water partition coefficient (Wildman–Crippen LogP) is 3.36. The normalized spacial score (nSPS) is 13.9. The minimum atomic E-state index is -0.906. The number of rotatable bonds is 9. The second-order valence-electron chi connectivity index (χ2n) is 7.65. The third-order valence-electron chi connectivity index (χ3n) is 5.10. The fourth-order valence-electron chi connectivity index (χ4n) is 3.29. The molecule has 2 aromatic rings. The van der Waals surface area contributed by atoms with Gasteiger partial charge in [-0.2, -0.15) is 0 Å². The Morgan fingerprint density at radius 2 is 1.77 bits per heavy atom. The molecule has 30 heavy (non-hydrogen) atoms. The van der Waals surface area contributed by atoms with Crippen LogP contribution < -0.4 is 10.1 Å². The maximum atomic E-state index is 12.6. The molecule has 0 radical (unpaired) electrons. The van der Waals surface area contributed by atoms with Crippen LogP contribution in [0.15, 0.2) is 42.6 Å². The smallest absolute Gasteiger partial charge is 0.328 e. The van der Waals surface area contributed by atoms with Crippen molar-refractivity contribution in [2.45, 2.75) is 46.3 Å². The van der Waals surface area contributed by atoms with Gasteiger partial charge in [-0.25, -0.2) is 9.78 Å². The van der Waals surface area contributed by atoms with Gasteiger partial charge in [0.15, 0.2) is 17.2 Å². The average molecular weight is 415 g/mol. The van der Waals surface area contributed by atoms with Gasteiger partial charge in [-0.05, 0) is 31.7 Å². The van der Waals surface area contributed by atoms with Crippen molar-refractivity contribution in [3.8, 4) is 11.5 Å². The number of hydrogen-bond donors (Lipinski definition) is 2. The number of carbonyl (C=O) groups excluding carboxylic acids is 2. The number of esters is 1. The third kappa shape index (κ3) is 5.95. The van der Waals surface area contributed by atoms with Crippen molar-refractivity contribution in [2.75, 3.05) is 7.11 Å². The first-order valence-electron chi connectivity index (χ1n) is 10.0. The number of amides is 1. The predicted molar refractivity (Wildman–Crippen MR) is 113 cm³/mol. The molecule has 0 aliphatic carbocycles. The molecule has 1 aromatic heterocycles. The van der Waals surface area contributed by atoms with Crippen LogP contribution in [0.5, 0.6) is 11.5 Å². The number of aromatic nitrogens is 1. The summed E-state index contributed by atoms with van der Waals surface area (Å²) in [7, 11) is 1.37. The van der Waals surface area contributed by atoms with E-state index in [1.54, 1.807) is 0 Å². The van der Waals surface area contributed by atoms with Crippen LogP contribution in [0.1, 0.15) is 43.7 Å². The highest BCUT2D eigenvalue weighted by Crippen LogP contribution is 2.27. The van der Waals surface area contributed by atoms with Gasteiger partial charge in [0.05, 0.1) is 7.11 Å². The Morgan fingerprint density at radius 1 is 1.10 bits per heavy atom. The molecule has 0 saturated carbocycles. The van der Waals surface area contributed by atoms with Crippen LogP contribution in [0.3, 0.4) is 0 Å². The lowest BCUT2D eigenvalue weighted by Gasteiger charge is -2.28. The lowest BCUT2D eigenvalue weighted by atomic mass is 9.85. The van der Waals surface area contributed by atoms with E-state index in [0.29, 0.717) is 5.92 Å². The van der Waals surface area contributed by atoms with Crippen molar-refractivity contribution >= 4 is 11.9 Å². The van der Waals surface area contributed by atoms with Crippen molar-refractivity contribution in [1.82, 2.24) is 10.3 Å². The number of ether oxygens (including phenoxy) is 2. The molecule has 0 unspecified atom stereocenters. The van der Waals surface area contributed by atoms with Crippen LogP contribution >= 0.6 is 0 Å². The summed E-state index contributed by atoms with van der Waals surface area (Å²) in [5.41, 5.74) is 0.964. The number of nitrogens with zero attached hydrogens (tertiary/aromatic N) is 1. The highest BCUT2D eigenvalue weighted by atomic mass is 16.5. The quantitative estimate of drug-likeness (QED) is 0.611. The van der Waals surface area contributed by atoms with E-state index in [1.165, 1.54) is 31.9 Å². The Kier molecular flexibility index (Phi) is 8.21. The van der Waals surface area contributed by atoms with Crippen LogP contribution in [0.4, 0.5) is 0 Å². The van der Waals surface area contributed by atoms with Gasteiger partial charge >= 0.3 is 5.97 Å². The molecule has 162 valence electrons. The topological polar surface area (TPSA) is 97.8 Å². The summed E-state index contributed by atoms with van der Waals surface area (Å²) in [5, 5.41) is 12.6. The first kappa shape index (κ1) is 23.2. The van der Waals surface area contributed by atoms with Crippen molar-refractivity contribution in [3.05, 3.63) is 53.9 Å². The number of hydrogen-bond acceptors (Lipinski definition) is 6. The number of aromatic hydroxyl groups is 1. The molecule has 1 aromatic carbocycles. The van der Waals surface area contributed by atoms with Gasteiger partial charge in [0.1, 0.15) is 12.1 Å². The third-order valence-corrected chi connectivity index (χ3v) is 5.10. The number of benzene rings is 1. The van der Waals surface area contributed by atoms with Crippen LogP contribution in [0.25, 0.3) is 0 Å².